The van der Waals surface area contributed by atoms with Gasteiger partial charge in [0.2, 0.25) is 18.1 Å². The van der Waals surface area contributed by atoms with E-state index in [1.54, 1.807) is 16.7 Å². The Kier molecular flexibility index (Phi) is 5.08. The molecule has 9 heteroatoms. The van der Waals surface area contributed by atoms with Gasteiger partial charge in [0.1, 0.15) is 5.56 Å². The van der Waals surface area contributed by atoms with Crippen LogP contribution in [-0.2, 0) is 11.3 Å². The molecule has 2 amide bonds. The summed E-state index contributed by atoms with van der Waals surface area (Å²) in [6, 6.07) is 3.28. The number of hydrogen-bond donors (Lipinski definition) is 3. The van der Waals surface area contributed by atoms with E-state index in [0.29, 0.717) is 28.9 Å². The summed E-state index contributed by atoms with van der Waals surface area (Å²) in [5.74, 6) is -0.0849. The Morgan fingerprint density at radius 3 is 2.65 bits per heavy atom. The van der Waals surface area contributed by atoms with Crippen molar-refractivity contribution < 1.29 is 24.2 Å². The smallest absolute Gasteiger partial charge is 0.257 e. The minimum atomic E-state index is -0.643. The number of nitrogens with zero attached hydrogens (tertiary/aromatic N) is 1. The third-order valence-corrected chi connectivity index (χ3v) is 4.00. The Morgan fingerprint density at radius 2 is 1.96 bits per heavy atom. The average molecular weight is 361 g/mol. The summed E-state index contributed by atoms with van der Waals surface area (Å²) < 4.78 is 12.4. The van der Waals surface area contributed by atoms with Gasteiger partial charge in [0.15, 0.2) is 11.5 Å². The zero-order valence-corrected chi connectivity index (χ0v) is 14.2. The number of aryl methyl sites for hydroxylation is 1. The quantitative estimate of drug-likeness (QED) is 0.644. The van der Waals surface area contributed by atoms with Crippen LogP contribution < -0.4 is 25.5 Å². The first-order valence-electron chi connectivity index (χ1n) is 8.17. The van der Waals surface area contributed by atoms with Gasteiger partial charge in [-0.15, -0.1) is 0 Å². The lowest BCUT2D eigenvalue weighted by Gasteiger charge is -2.12. The molecule has 1 aromatic heterocycles. The minimum absolute atomic E-state index is 0.0619. The summed E-state index contributed by atoms with van der Waals surface area (Å²) in [4.78, 5) is 36.7. The number of pyridine rings is 1. The molecule has 0 radical (unpaired) electrons. The van der Waals surface area contributed by atoms with Crippen molar-refractivity contribution in [1.29, 1.82) is 0 Å². The van der Waals surface area contributed by atoms with Gasteiger partial charge in [0, 0.05) is 25.4 Å². The molecule has 0 fully saturated rings. The van der Waals surface area contributed by atoms with Gasteiger partial charge in [-0.05, 0) is 13.0 Å². The standard InChI is InChI=1S/C17H19N3O6/c1-2-20-8-11(17(24)19-7-15(22)18-3-4-21)16(23)10-5-13-14(6-12(10)20)26-9-25-13/h5-6,8,21H,2-4,7,9H2,1H3,(H,18,22)(H,19,24). The van der Waals surface area contributed by atoms with E-state index in [9.17, 15) is 14.4 Å². The van der Waals surface area contributed by atoms with Crippen LogP contribution in [0.1, 0.15) is 17.3 Å². The summed E-state index contributed by atoms with van der Waals surface area (Å²) in [6.07, 6.45) is 1.47. The molecule has 26 heavy (non-hydrogen) atoms. The Morgan fingerprint density at radius 1 is 1.23 bits per heavy atom. The molecule has 0 bridgehead atoms. The fourth-order valence-corrected chi connectivity index (χ4v) is 2.72. The highest BCUT2D eigenvalue weighted by atomic mass is 16.7. The van der Waals surface area contributed by atoms with Crippen molar-refractivity contribution in [2.24, 2.45) is 0 Å². The van der Waals surface area contributed by atoms with Crippen LogP contribution in [0.15, 0.2) is 23.1 Å². The van der Waals surface area contributed by atoms with Crippen LogP contribution in [0.25, 0.3) is 10.9 Å². The van der Waals surface area contributed by atoms with Gasteiger partial charge in [0.05, 0.1) is 24.1 Å². The molecular formula is C17H19N3O6. The molecule has 0 aliphatic carbocycles. The van der Waals surface area contributed by atoms with Crippen LogP contribution in [0.5, 0.6) is 11.5 Å². The second-order valence-electron chi connectivity index (χ2n) is 5.64. The second kappa shape index (κ2) is 7.44. The first-order valence-corrected chi connectivity index (χ1v) is 8.17. The number of amides is 2. The molecule has 0 atom stereocenters. The summed E-state index contributed by atoms with van der Waals surface area (Å²) in [5, 5.41) is 13.8. The highest BCUT2D eigenvalue weighted by Crippen LogP contribution is 2.35. The molecule has 2 aromatic rings. The van der Waals surface area contributed by atoms with Crippen molar-refractivity contribution in [3.05, 3.63) is 34.1 Å². The predicted molar refractivity (Wildman–Crippen MR) is 92.4 cm³/mol. The first kappa shape index (κ1) is 17.7. The molecule has 2 heterocycles. The normalized spacial score (nSPS) is 12.2. The van der Waals surface area contributed by atoms with Crippen LogP contribution in [0.3, 0.4) is 0 Å². The van der Waals surface area contributed by atoms with Crippen molar-refractivity contribution in [2.75, 3.05) is 26.5 Å². The molecule has 3 N–H and O–H groups in total. The van der Waals surface area contributed by atoms with Gasteiger partial charge in [-0.1, -0.05) is 0 Å². The van der Waals surface area contributed by atoms with Gasteiger partial charge < -0.3 is 29.8 Å². The number of aliphatic hydroxyl groups excluding tert-OH is 1. The Labute approximate surface area is 148 Å². The van der Waals surface area contributed by atoms with Crippen LogP contribution in [0, 0.1) is 0 Å². The van der Waals surface area contributed by atoms with Gasteiger partial charge in [0.25, 0.3) is 5.91 Å². The zero-order valence-electron chi connectivity index (χ0n) is 14.2. The van der Waals surface area contributed by atoms with E-state index < -0.39 is 17.2 Å². The van der Waals surface area contributed by atoms with E-state index in [4.69, 9.17) is 14.6 Å². The second-order valence-corrected chi connectivity index (χ2v) is 5.64. The van der Waals surface area contributed by atoms with Crippen LogP contribution in [-0.4, -0.2) is 48.0 Å². The SMILES string of the molecule is CCn1cc(C(=O)NCC(=O)NCCO)c(=O)c2cc3c(cc21)OCO3. The topological polar surface area (TPSA) is 119 Å². The molecule has 0 spiro atoms. The monoisotopic (exact) mass is 361 g/mol. The summed E-state index contributed by atoms with van der Waals surface area (Å²) in [5.41, 5.74) is 0.128. The lowest BCUT2D eigenvalue weighted by atomic mass is 10.1. The van der Waals surface area contributed by atoms with Crippen LogP contribution >= 0.6 is 0 Å². The van der Waals surface area contributed by atoms with Crippen molar-refractivity contribution in [1.82, 2.24) is 15.2 Å². The van der Waals surface area contributed by atoms with Gasteiger partial charge in [-0.2, -0.15) is 0 Å². The number of aromatic nitrogens is 1. The fraction of sp³-hybridized carbons (Fsp3) is 0.353. The highest BCUT2D eigenvalue weighted by molar-refractivity contribution is 5.99. The highest BCUT2D eigenvalue weighted by Gasteiger charge is 2.20. The van der Waals surface area contributed by atoms with Crippen molar-refractivity contribution in [3.8, 4) is 11.5 Å². The minimum Gasteiger partial charge on any atom is -0.454 e. The van der Waals surface area contributed by atoms with Gasteiger partial charge in [-0.25, -0.2) is 0 Å². The Balaban J connectivity index is 1.92. The number of carbonyl (C=O) groups is 2. The molecule has 9 nitrogen and oxygen atoms in total. The first-order chi connectivity index (χ1) is 12.5. The summed E-state index contributed by atoms with van der Waals surface area (Å²) in [7, 11) is 0. The maximum absolute atomic E-state index is 12.8. The molecule has 3 rings (SSSR count). The van der Waals surface area contributed by atoms with E-state index >= 15 is 0 Å². The Bertz CT molecular complexity index is 921. The lowest BCUT2D eigenvalue weighted by Crippen LogP contribution is -2.39. The van der Waals surface area contributed by atoms with E-state index in [-0.39, 0.29) is 32.1 Å². The Hall–Kier alpha value is -3.07. The average Bonchev–Trinajstić information content (AvgIpc) is 3.11. The van der Waals surface area contributed by atoms with Crippen molar-refractivity contribution in [3.63, 3.8) is 0 Å². The van der Waals surface area contributed by atoms with Crippen LogP contribution in [0.2, 0.25) is 0 Å². The van der Waals surface area contributed by atoms with Crippen LogP contribution in [0.4, 0.5) is 0 Å². The molecule has 138 valence electrons. The number of rotatable bonds is 6. The van der Waals surface area contributed by atoms with E-state index in [0.717, 1.165) is 0 Å². The lowest BCUT2D eigenvalue weighted by molar-refractivity contribution is -0.120. The third-order valence-electron chi connectivity index (χ3n) is 4.00. The maximum atomic E-state index is 12.8. The maximum Gasteiger partial charge on any atom is 0.257 e. The van der Waals surface area contributed by atoms with E-state index in [1.807, 2.05) is 6.92 Å². The number of fused-ring (bicyclic) bond motifs is 2. The number of nitrogens with one attached hydrogen (secondary N) is 2. The van der Waals surface area contributed by atoms with Crippen molar-refractivity contribution in [2.45, 2.75) is 13.5 Å². The largest absolute Gasteiger partial charge is 0.454 e. The van der Waals surface area contributed by atoms with Gasteiger partial charge >= 0.3 is 0 Å². The van der Waals surface area contributed by atoms with E-state index in [2.05, 4.69) is 10.6 Å². The molecule has 1 aliphatic rings. The summed E-state index contributed by atoms with van der Waals surface area (Å²) in [6.45, 7) is 2.13. The molecule has 1 aliphatic heterocycles. The van der Waals surface area contributed by atoms with Gasteiger partial charge in [-0.3, -0.25) is 14.4 Å². The number of ether oxygens (including phenoxy) is 2. The fourth-order valence-electron chi connectivity index (χ4n) is 2.72. The molecular weight excluding hydrogens is 342 g/mol. The van der Waals surface area contributed by atoms with E-state index in [1.165, 1.54) is 6.20 Å². The van der Waals surface area contributed by atoms with Crippen molar-refractivity contribution >= 4 is 22.7 Å². The molecule has 1 aromatic carbocycles. The molecule has 0 saturated heterocycles. The number of carbonyl (C=O) groups excluding carboxylic acids is 2. The molecule has 0 unspecified atom stereocenters. The zero-order chi connectivity index (χ0) is 18.7. The number of benzene rings is 1. The summed E-state index contributed by atoms with van der Waals surface area (Å²) >= 11 is 0. The number of hydrogen-bond acceptors (Lipinski definition) is 6. The predicted octanol–water partition coefficient (Wildman–Crippen LogP) is -0.412. The number of aliphatic hydroxyl groups is 1. The third kappa shape index (κ3) is 3.33. The molecule has 0 saturated carbocycles.